The van der Waals surface area contributed by atoms with Gasteiger partial charge in [-0.05, 0) is 30.7 Å². The maximum Gasteiger partial charge on any atom is 0.338 e. The molecule has 0 saturated heterocycles. The van der Waals surface area contributed by atoms with E-state index < -0.39 is 12.0 Å². The molecule has 1 aliphatic heterocycles. The van der Waals surface area contributed by atoms with Gasteiger partial charge in [-0.15, -0.1) is 0 Å². The molecule has 158 valence electrons. The Kier molecular flexibility index (Phi) is 4.99. The molecule has 2 aromatic heterocycles. The van der Waals surface area contributed by atoms with Crippen LogP contribution in [0, 0.1) is 0 Å². The molecular formula is C24H18N4O3S. The molecule has 4 aromatic rings. The second kappa shape index (κ2) is 7.97. The zero-order valence-corrected chi connectivity index (χ0v) is 18.2. The lowest BCUT2D eigenvalue weighted by molar-refractivity contribution is -0.136. The summed E-state index contributed by atoms with van der Waals surface area (Å²) >= 11 is 1.26. The minimum absolute atomic E-state index is 0.244. The number of hydrogen-bond donors (Lipinski definition) is 0. The first-order valence-corrected chi connectivity index (χ1v) is 10.8. The van der Waals surface area contributed by atoms with Gasteiger partial charge in [-0.2, -0.15) is 0 Å². The van der Waals surface area contributed by atoms with Crippen molar-refractivity contribution in [2.45, 2.75) is 13.0 Å². The van der Waals surface area contributed by atoms with E-state index in [-0.39, 0.29) is 5.56 Å². The highest BCUT2D eigenvalue weighted by Crippen LogP contribution is 2.30. The average molecular weight is 443 g/mol. The second-order valence-electron chi connectivity index (χ2n) is 7.27. The smallest absolute Gasteiger partial charge is 0.338 e. The van der Waals surface area contributed by atoms with E-state index >= 15 is 0 Å². The van der Waals surface area contributed by atoms with Crippen LogP contribution in [0.3, 0.4) is 0 Å². The summed E-state index contributed by atoms with van der Waals surface area (Å²) in [5.74, 6) is -0.505. The van der Waals surface area contributed by atoms with Crippen molar-refractivity contribution in [3.63, 3.8) is 0 Å². The fourth-order valence-corrected chi connectivity index (χ4v) is 4.85. The fraction of sp³-hybridized carbons (Fsp3) is 0.125. The molecule has 8 heteroatoms. The topological polar surface area (TPSA) is 86.4 Å². The van der Waals surface area contributed by atoms with Gasteiger partial charge in [-0.3, -0.25) is 14.3 Å². The predicted octanol–water partition coefficient (Wildman–Crippen LogP) is 2.35. The molecule has 0 amide bonds. The summed E-state index contributed by atoms with van der Waals surface area (Å²) in [6.45, 7) is 1.76. The zero-order valence-electron chi connectivity index (χ0n) is 17.4. The molecule has 0 radical (unpaired) electrons. The Hall–Kier alpha value is -3.91. The minimum atomic E-state index is -0.621. The molecule has 1 atom stereocenters. The van der Waals surface area contributed by atoms with Crippen molar-refractivity contribution in [3.8, 4) is 0 Å². The molecule has 3 heterocycles. The Morgan fingerprint density at radius 2 is 1.81 bits per heavy atom. The monoisotopic (exact) mass is 442 g/mol. The highest BCUT2D eigenvalue weighted by atomic mass is 32.1. The van der Waals surface area contributed by atoms with E-state index in [1.54, 1.807) is 23.8 Å². The quantitative estimate of drug-likeness (QED) is 0.455. The molecule has 1 unspecified atom stereocenters. The van der Waals surface area contributed by atoms with Crippen LogP contribution in [0.15, 0.2) is 81.9 Å². The van der Waals surface area contributed by atoms with Gasteiger partial charge in [0.1, 0.15) is 0 Å². The third-order valence-electron chi connectivity index (χ3n) is 5.29. The molecule has 1 aliphatic rings. The van der Waals surface area contributed by atoms with Crippen LogP contribution in [0.25, 0.3) is 17.1 Å². The summed E-state index contributed by atoms with van der Waals surface area (Å²) in [5.41, 5.74) is 3.56. The number of carbonyl (C=O) groups excluding carboxylic acids is 1. The molecule has 0 bridgehead atoms. The van der Waals surface area contributed by atoms with E-state index in [0.717, 1.165) is 16.6 Å². The van der Waals surface area contributed by atoms with Crippen LogP contribution >= 0.6 is 11.3 Å². The number of ether oxygens (including phenoxy) is 1. The number of nitrogens with zero attached hydrogens (tertiary/aromatic N) is 4. The maximum absolute atomic E-state index is 13.5. The number of esters is 1. The number of thiazole rings is 1. The van der Waals surface area contributed by atoms with Gasteiger partial charge in [0.2, 0.25) is 0 Å². The van der Waals surface area contributed by atoms with Crippen LogP contribution in [0.1, 0.15) is 24.2 Å². The van der Waals surface area contributed by atoms with Crippen LogP contribution < -0.4 is 14.9 Å². The molecular weight excluding hydrogens is 424 g/mol. The first-order valence-electron chi connectivity index (χ1n) is 9.94. The number of benzene rings is 2. The first kappa shape index (κ1) is 20.0. The molecule has 0 fully saturated rings. The largest absolute Gasteiger partial charge is 0.466 e. The van der Waals surface area contributed by atoms with Crippen LogP contribution in [0.5, 0.6) is 0 Å². The van der Waals surface area contributed by atoms with Gasteiger partial charge < -0.3 is 4.74 Å². The molecule has 0 saturated carbocycles. The molecule has 32 heavy (non-hydrogen) atoms. The van der Waals surface area contributed by atoms with Gasteiger partial charge in [-0.1, -0.05) is 53.8 Å². The van der Waals surface area contributed by atoms with Gasteiger partial charge >= 0.3 is 5.97 Å². The van der Waals surface area contributed by atoms with Crippen molar-refractivity contribution in [1.82, 2.24) is 14.5 Å². The number of rotatable bonds is 3. The minimum Gasteiger partial charge on any atom is -0.466 e. The van der Waals surface area contributed by atoms with Gasteiger partial charge in [0.15, 0.2) is 4.80 Å². The molecule has 7 nitrogen and oxygen atoms in total. The molecule has 0 N–H and O–H groups in total. The van der Waals surface area contributed by atoms with Crippen LogP contribution in [0.4, 0.5) is 0 Å². The Bertz CT molecular complexity index is 1570. The number of allylic oxidation sites excluding steroid dienone is 1. The van der Waals surface area contributed by atoms with Crippen LogP contribution in [-0.4, -0.2) is 27.6 Å². The summed E-state index contributed by atoms with van der Waals surface area (Å²) in [6.07, 6.45) is 3.35. The van der Waals surface area contributed by atoms with Gasteiger partial charge in [0, 0.05) is 0 Å². The highest BCUT2D eigenvalue weighted by molar-refractivity contribution is 7.07. The predicted molar refractivity (Wildman–Crippen MR) is 122 cm³/mol. The summed E-state index contributed by atoms with van der Waals surface area (Å²) in [6, 6.07) is 16.4. The van der Waals surface area contributed by atoms with E-state index in [9.17, 15) is 9.59 Å². The SMILES string of the molecule is COC(=O)C1=C(C)N=c2s/c(=C/c3cnc4ccccc4n3)c(=O)n2C1c1ccccc1. The zero-order chi connectivity index (χ0) is 22.2. The van der Waals surface area contributed by atoms with Crippen LogP contribution in [0.2, 0.25) is 0 Å². The number of aromatic nitrogens is 3. The third-order valence-corrected chi connectivity index (χ3v) is 6.27. The van der Waals surface area contributed by atoms with Gasteiger partial charge in [0.05, 0.1) is 51.9 Å². The van der Waals surface area contributed by atoms with Crippen molar-refractivity contribution in [2.75, 3.05) is 7.11 Å². The Morgan fingerprint density at radius 1 is 1.09 bits per heavy atom. The van der Waals surface area contributed by atoms with Crippen molar-refractivity contribution < 1.29 is 9.53 Å². The third kappa shape index (κ3) is 3.34. The molecule has 0 aliphatic carbocycles. The lowest BCUT2D eigenvalue weighted by Gasteiger charge is -2.24. The summed E-state index contributed by atoms with van der Waals surface area (Å²) in [7, 11) is 1.33. The summed E-state index contributed by atoms with van der Waals surface area (Å²) < 4.78 is 7.04. The van der Waals surface area contributed by atoms with Gasteiger partial charge in [-0.25, -0.2) is 14.8 Å². The van der Waals surface area contributed by atoms with E-state index in [1.165, 1.54) is 18.4 Å². The highest BCUT2D eigenvalue weighted by Gasteiger charge is 2.32. The van der Waals surface area contributed by atoms with Crippen molar-refractivity contribution in [1.29, 1.82) is 0 Å². The standard InChI is InChI=1S/C24H18N4O3S/c1-14-20(23(30)31-2)21(15-8-4-3-5-9-15)28-22(29)19(32-24(28)26-14)12-16-13-25-17-10-6-7-11-18(17)27-16/h3-13,21H,1-2H3/b19-12+. The van der Waals surface area contributed by atoms with E-state index in [2.05, 4.69) is 15.0 Å². The normalized spacial score (nSPS) is 16.1. The Labute approximate surface area is 186 Å². The molecule has 0 spiro atoms. The van der Waals surface area contributed by atoms with E-state index in [0.29, 0.717) is 26.3 Å². The van der Waals surface area contributed by atoms with Crippen molar-refractivity contribution in [2.24, 2.45) is 4.99 Å². The number of methoxy groups -OCH3 is 1. The average Bonchev–Trinajstić information content (AvgIpc) is 3.12. The number of para-hydroxylation sites is 2. The van der Waals surface area contributed by atoms with Crippen molar-refractivity contribution in [3.05, 3.63) is 103 Å². The van der Waals surface area contributed by atoms with Crippen LogP contribution in [-0.2, 0) is 9.53 Å². The van der Waals surface area contributed by atoms with Crippen molar-refractivity contribution >= 4 is 34.4 Å². The lowest BCUT2D eigenvalue weighted by atomic mass is 9.96. The van der Waals surface area contributed by atoms with E-state index in [4.69, 9.17) is 4.74 Å². The first-order chi connectivity index (χ1) is 15.6. The number of hydrogen-bond acceptors (Lipinski definition) is 7. The number of fused-ring (bicyclic) bond motifs is 2. The fourth-order valence-electron chi connectivity index (χ4n) is 3.82. The molecule has 2 aromatic carbocycles. The Morgan fingerprint density at radius 3 is 2.56 bits per heavy atom. The molecule has 5 rings (SSSR count). The Balaban J connectivity index is 1.73. The van der Waals surface area contributed by atoms with Gasteiger partial charge in [0.25, 0.3) is 5.56 Å². The number of carbonyl (C=O) groups is 1. The second-order valence-corrected chi connectivity index (χ2v) is 8.28. The van der Waals surface area contributed by atoms with E-state index in [1.807, 2.05) is 54.6 Å². The maximum atomic E-state index is 13.5. The summed E-state index contributed by atoms with van der Waals surface area (Å²) in [4.78, 5) is 40.2. The summed E-state index contributed by atoms with van der Waals surface area (Å²) in [5, 5.41) is 0. The lowest BCUT2D eigenvalue weighted by Crippen LogP contribution is -2.39.